The van der Waals surface area contributed by atoms with E-state index < -0.39 is 0 Å². The Morgan fingerprint density at radius 3 is 2.60 bits per heavy atom. The molecule has 0 radical (unpaired) electrons. The summed E-state index contributed by atoms with van der Waals surface area (Å²) >= 11 is 0. The van der Waals surface area contributed by atoms with Crippen molar-refractivity contribution in [3.8, 4) is 5.75 Å². The molecule has 2 rings (SSSR count). The summed E-state index contributed by atoms with van der Waals surface area (Å²) in [5.74, 6) is 0.876. The van der Waals surface area contributed by atoms with Crippen LogP contribution in [0.2, 0.25) is 0 Å². The number of amides is 1. The first-order chi connectivity index (χ1) is 9.75. The van der Waals surface area contributed by atoms with Gasteiger partial charge in [0.15, 0.2) is 0 Å². The van der Waals surface area contributed by atoms with Crippen LogP contribution in [-0.2, 0) is 4.79 Å². The van der Waals surface area contributed by atoms with Gasteiger partial charge in [-0.3, -0.25) is 4.79 Å². The normalized spacial score (nSPS) is 15.2. The van der Waals surface area contributed by atoms with E-state index in [1.807, 2.05) is 0 Å². The number of hydrogen-bond donors (Lipinski definition) is 1. The molecule has 0 unspecified atom stereocenters. The molecule has 0 spiro atoms. The standard InChI is InChI=1S/C16H22FNO2/c17-14-7-9-15(10-8-14)20-12-4-3-11-18-16(19)13-5-1-2-6-13/h7-10,13H,1-6,11-12H2,(H,18,19). The van der Waals surface area contributed by atoms with Crippen LogP contribution >= 0.6 is 0 Å². The summed E-state index contributed by atoms with van der Waals surface area (Å²) in [5.41, 5.74) is 0. The molecule has 0 atom stereocenters. The van der Waals surface area contributed by atoms with Gasteiger partial charge >= 0.3 is 0 Å². The van der Waals surface area contributed by atoms with Gasteiger partial charge in [0.2, 0.25) is 5.91 Å². The van der Waals surface area contributed by atoms with Crippen molar-refractivity contribution in [2.45, 2.75) is 38.5 Å². The fourth-order valence-electron chi connectivity index (χ4n) is 2.49. The molecule has 0 heterocycles. The highest BCUT2D eigenvalue weighted by molar-refractivity contribution is 5.78. The van der Waals surface area contributed by atoms with E-state index in [1.165, 1.54) is 25.0 Å². The Kier molecular flexibility index (Phi) is 5.84. The molecule has 1 fully saturated rings. The number of halogens is 1. The minimum Gasteiger partial charge on any atom is -0.494 e. The lowest BCUT2D eigenvalue weighted by Crippen LogP contribution is -2.30. The van der Waals surface area contributed by atoms with Crippen LogP contribution in [-0.4, -0.2) is 19.1 Å². The topological polar surface area (TPSA) is 38.3 Å². The quantitative estimate of drug-likeness (QED) is 0.778. The molecule has 0 aliphatic heterocycles. The summed E-state index contributed by atoms with van der Waals surface area (Å²) in [5, 5.41) is 2.99. The van der Waals surface area contributed by atoms with Crippen LogP contribution in [0.15, 0.2) is 24.3 Å². The fourth-order valence-corrected chi connectivity index (χ4v) is 2.49. The molecule has 3 nitrogen and oxygen atoms in total. The predicted octanol–water partition coefficient (Wildman–Crippen LogP) is 3.29. The van der Waals surface area contributed by atoms with Crippen LogP contribution in [0.3, 0.4) is 0 Å². The van der Waals surface area contributed by atoms with Crippen LogP contribution in [0.25, 0.3) is 0 Å². The predicted molar refractivity (Wildman–Crippen MR) is 76.1 cm³/mol. The second-order valence-corrected chi connectivity index (χ2v) is 5.28. The van der Waals surface area contributed by atoms with Gasteiger partial charge in [-0.05, 0) is 49.9 Å². The Morgan fingerprint density at radius 1 is 1.20 bits per heavy atom. The number of nitrogens with one attached hydrogen (secondary N) is 1. The van der Waals surface area contributed by atoms with E-state index in [2.05, 4.69) is 5.32 Å². The van der Waals surface area contributed by atoms with E-state index >= 15 is 0 Å². The maximum atomic E-state index is 12.7. The average molecular weight is 279 g/mol. The summed E-state index contributed by atoms with van der Waals surface area (Å²) in [4.78, 5) is 11.8. The smallest absolute Gasteiger partial charge is 0.223 e. The van der Waals surface area contributed by atoms with E-state index in [9.17, 15) is 9.18 Å². The molecular weight excluding hydrogens is 257 g/mol. The van der Waals surface area contributed by atoms with Gasteiger partial charge in [0, 0.05) is 12.5 Å². The molecule has 0 saturated heterocycles. The number of rotatable bonds is 7. The first-order valence-electron chi connectivity index (χ1n) is 7.42. The second kappa shape index (κ2) is 7.88. The average Bonchev–Trinajstić information content (AvgIpc) is 2.98. The Bertz CT molecular complexity index is 413. The van der Waals surface area contributed by atoms with Gasteiger partial charge in [0.25, 0.3) is 0 Å². The number of unbranched alkanes of at least 4 members (excludes halogenated alkanes) is 1. The molecule has 1 aromatic carbocycles. The van der Waals surface area contributed by atoms with E-state index in [4.69, 9.17) is 4.74 Å². The van der Waals surface area contributed by atoms with Gasteiger partial charge in [-0.1, -0.05) is 12.8 Å². The van der Waals surface area contributed by atoms with Crippen LogP contribution in [0.5, 0.6) is 5.75 Å². The third-order valence-electron chi connectivity index (χ3n) is 3.68. The molecule has 1 N–H and O–H groups in total. The highest BCUT2D eigenvalue weighted by atomic mass is 19.1. The van der Waals surface area contributed by atoms with Crippen LogP contribution < -0.4 is 10.1 Å². The molecule has 1 aromatic rings. The Morgan fingerprint density at radius 2 is 1.90 bits per heavy atom. The van der Waals surface area contributed by atoms with Gasteiger partial charge < -0.3 is 10.1 Å². The van der Waals surface area contributed by atoms with Crippen molar-refractivity contribution in [3.63, 3.8) is 0 Å². The van der Waals surface area contributed by atoms with Crippen LogP contribution in [0.4, 0.5) is 4.39 Å². The molecule has 1 amide bonds. The third kappa shape index (κ3) is 4.83. The highest BCUT2D eigenvalue weighted by Gasteiger charge is 2.21. The fraction of sp³-hybridized carbons (Fsp3) is 0.562. The minimum atomic E-state index is -0.257. The summed E-state index contributed by atoms with van der Waals surface area (Å²) < 4.78 is 18.2. The van der Waals surface area contributed by atoms with Crippen LogP contribution in [0, 0.1) is 11.7 Å². The molecule has 1 aliphatic rings. The maximum absolute atomic E-state index is 12.7. The molecule has 20 heavy (non-hydrogen) atoms. The number of benzene rings is 1. The van der Waals surface area contributed by atoms with E-state index in [1.54, 1.807) is 12.1 Å². The van der Waals surface area contributed by atoms with Gasteiger partial charge in [0.1, 0.15) is 11.6 Å². The molecule has 1 aliphatic carbocycles. The van der Waals surface area contributed by atoms with Gasteiger partial charge in [-0.15, -0.1) is 0 Å². The second-order valence-electron chi connectivity index (χ2n) is 5.28. The monoisotopic (exact) mass is 279 g/mol. The van der Waals surface area contributed by atoms with Crippen molar-refractivity contribution in [3.05, 3.63) is 30.1 Å². The summed E-state index contributed by atoms with van der Waals surface area (Å²) in [6.45, 7) is 1.30. The van der Waals surface area contributed by atoms with Crippen molar-refractivity contribution in [2.24, 2.45) is 5.92 Å². The van der Waals surface area contributed by atoms with Gasteiger partial charge in [0.05, 0.1) is 6.61 Å². The zero-order valence-corrected chi connectivity index (χ0v) is 11.7. The molecule has 0 aromatic heterocycles. The first-order valence-corrected chi connectivity index (χ1v) is 7.42. The number of ether oxygens (including phenoxy) is 1. The maximum Gasteiger partial charge on any atom is 0.223 e. The SMILES string of the molecule is O=C(NCCCCOc1ccc(F)cc1)C1CCCC1. The van der Waals surface area contributed by atoms with E-state index in [0.717, 1.165) is 25.7 Å². The lowest BCUT2D eigenvalue weighted by molar-refractivity contribution is -0.124. The van der Waals surface area contributed by atoms with Crippen molar-refractivity contribution in [1.29, 1.82) is 0 Å². The van der Waals surface area contributed by atoms with Crippen molar-refractivity contribution >= 4 is 5.91 Å². The zero-order valence-electron chi connectivity index (χ0n) is 11.7. The molecular formula is C16H22FNO2. The number of carbonyl (C=O) groups is 1. The zero-order chi connectivity index (χ0) is 14.2. The largest absolute Gasteiger partial charge is 0.494 e. The molecule has 110 valence electrons. The van der Waals surface area contributed by atoms with Gasteiger partial charge in [-0.2, -0.15) is 0 Å². The Hall–Kier alpha value is -1.58. The lowest BCUT2D eigenvalue weighted by atomic mass is 10.1. The summed E-state index contributed by atoms with van der Waals surface area (Å²) in [6, 6.07) is 6.02. The summed E-state index contributed by atoms with van der Waals surface area (Å²) in [6.07, 6.45) is 6.23. The van der Waals surface area contributed by atoms with Gasteiger partial charge in [-0.25, -0.2) is 4.39 Å². The number of hydrogen-bond acceptors (Lipinski definition) is 2. The Balaban J connectivity index is 1.51. The van der Waals surface area contributed by atoms with E-state index in [0.29, 0.717) is 18.9 Å². The van der Waals surface area contributed by atoms with Crippen molar-refractivity contribution in [1.82, 2.24) is 5.32 Å². The van der Waals surface area contributed by atoms with Crippen molar-refractivity contribution < 1.29 is 13.9 Å². The molecule has 1 saturated carbocycles. The summed E-state index contributed by atoms with van der Waals surface area (Å²) in [7, 11) is 0. The lowest BCUT2D eigenvalue weighted by Gasteiger charge is -2.10. The highest BCUT2D eigenvalue weighted by Crippen LogP contribution is 2.24. The number of carbonyl (C=O) groups excluding carboxylic acids is 1. The molecule has 0 bridgehead atoms. The van der Waals surface area contributed by atoms with Crippen molar-refractivity contribution in [2.75, 3.05) is 13.2 Å². The molecule has 4 heteroatoms. The van der Waals surface area contributed by atoms with Crippen LogP contribution in [0.1, 0.15) is 38.5 Å². The first kappa shape index (κ1) is 14.8. The minimum absolute atomic E-state index is 0.210. The Labute approximate surface area is 119 Å². The third-order valence-corrected chi connectivity index (χ3v) is 3.68. The van der Waals surface area contributed by atoms with E-state index in [-0.39, 0.29) is 17.6 Å².